The van der Waals surface area contributed by atoms with Gasteiger partial charge in [-0.2, -0.15) is 0 Å². The quantitative estimate of drug-likeness (QED) is 0.475. The summed E-state index contributed by atoms with van der Waals surface area (Å²) in [5.74, 6) is -0.423. The number of halogens is 4. The van der Waals surface area contributed by atoms with Crippen molar-refractivity contribution in [2.24, 2.45) is 0 Å². The van der Waals surface area contributed by atoms with Gasteiger partial charge in [0.2, 0.25) is 0 Å². The van der Waals surface area contributed by atoms with Crippen molar-refractivity contribution in [2.75, 3.05) is 0 Å². The summed E-state index contributed by atoms with van der Waals surface area (Å²) in [4.78, 5) is 14.1. The zero-order valence-electron chi connectivity index (χ0n) is 7.43. The average Bonchev–Trinajstić information content (AvgIpc) is 2.11. The maximum atomic E-state index is 12.0. The highest BCUT2D eigenvalue weighted by molar-refractivity contribution is 14.1. The van der Waals surface area contributed by atoms with Crippen molar-refractivity contribution >= 4 is 28.9 Å². The van der Waals surface area contributed by atoms with E-state index in [9.17, 15) is 18.0 Å². The van der Waals surface area contributed by atoms with Crippen LogP contribution in [0.3, 0.4) is 0 Å². The van der Waals surface area contributed by atoms with E-state index in [2.05, 4.69) is 9.72 Å². The minimum absolute atomic E-state index is 0.0630. The summed E-state index contributed by atoms with van der Waals surface area (Å²) in [6.07, 6.45) is -3.15. The van der Waals surface area contributed by atoms with Gasteiger partial charge in [0.05, 0.1) is 0 Å². The van der Waals surface area contributed by atoms with E-state index in [0.29, 0.717) is 6.29 Å². The van der Waals surface area contributed by atoms with Crippen molar-refractivity contribution in [2.45, 2.75) is 13.3 Å². The van der Waals surface area contributed by atoms with Crippen LogP contribution in [0.5, 0.6) is 5.75 Å². The third kappa shape index (κ3) is 3.05. The molecule has 0 aliphatic rings. The molecule has 0 unspecified atom stereocenters. The van der Waals surface area contributed by atoms with Crippen LogP contribution in [-0.2, 0) is 0 Å². The highest BCUT2D eigenvalue weighted by Crippen LogP contribution is 2.30. The number of hydrogen-bond acceptors (Lipinski definition) is 3. The van der Waals surface area contributed by atoms with Crippen molar-refractivity contribution in [1.29, 1.82) is 0 Å². The first-order chi connectivity index (χ1) is 6.85. The molecule has 0 bridgehead atoms. The largest absolute Gasteiger partial charge is 0.573 e. The Bertz CT molecular complexity index is 392. The number of nitrogens with zero attached hydrogens (tertiary/aromatic N) is 1. The van der Waals surface area contributed by atoms with Crippen LogP contribution in [-0.4, -0.2) is 17.6 Å². The summed E-state index contributed by atoms with van der Waals surface area (Å²) in [6.45, 7) is 1.37. The number of alkyl halides is 3. The van der Waals surface area contributed by atoms with Gasteiger partial charge in [-0.3, -0.25) is 4.79 Å². The van der Waals surface area contributed by atoms with Gasteiger partial charge in [-0.05, 0) is 29.5 Å². The summed E-state index contributed by atoms with van der Waals surface area (Å²) in [7, 11) is 0. The second-order valence-electron chi connectivity index (χ2n) is 2.62. The van der Waals surface area contributed by atoms with Crippen LogP contribution < -0.4 is 4.74 Å². The van der Waals surface area contributed by atoms with Crippen LogP contribution in [0.15, 0.2) is 6.20 Å². The highest BCUT2D eigenvalue weighted by atomic mass is 127. The number of aromatic nitrogens is 1. The first-order valence-electron chi connectivity index (χ1n) is 3.71. The molecular formula is C8H5F3INO2. The number of ether oxygens (including phenoxy) is 1. The number of pyridine rings is 1. The Morgan fingerprint density at radius 1 is 1.53 bits per heavy atom. The van der Waals surface area contributed by atoms with Crippen molar-refractivity contribution in [3.8, 4) is 5.75 Å². The lowest BCUT2D eigenvalue weighted by atomic mass is 10.2. The highest BCUT2D eigenvalue weighted by Gasteiger charge is 2.33. The van der Waals surface area contributed by atoms with Gasteiger partial charge < -0.3 is 4.74 Å². The normalized spacial score (nSPS) is 11.3. The van der Waals surface area contributed by atoms with Crippen LogP contribution >= 0.6 is 22.6 Å². The fourth-order valence-electron chi connectivity index (χ4n) is 0.921. The van der Waals surface area contributed by atoms with Crippen LogP contribution in [0.4, 0.5) is 13.2 Å². The fourth-order valence-corrected chi connectivity index (χ4v) is 1.57. The minimum atomic E-state index is -4.78. The van der Waals surface area contributed by atoms with Crippen molar-refractivity contribution in [1.82, 2.24) is 4.98 Å². The molecule has 0 aromatic carbocycles. The van der Waals surface area contributed by atoms with E-state index in [4.69, 9.17) is 0 Å². The fraction of sp³-hybridized carbons (Fsp3) is 0.250. The van der Waals surface area contributed by atoms with E-state index in [0.717, 1.165) is 0 Å². The van der Waals surface area contributed by atoms with E-state index < -0.39 is 12.1 Å². The molecule has 1 aromatic rings. The lowest BCUT2D eigenvalue weighted by molar-refractivity contribution is -0.275. The van der Waals surface area contributed by atoms with Gasteiger partial charge in [-0.15, -0.1) is 13.2 Å². The van der Waals surface area contributed by atoms with Gasteiger partial charge in [0.1, 0.15) is 3.70 Å². The third-order valence-corrected chi connectivity index (χ3v) is 2.39. The summed E-state index contributed by atoms with van der Waals surface area (Å²) >= 11 is 1.61. The topological polar surface area (TPSA) is 39.2 Å². The molecule has 0 saturated carbocycles. The number of aldehydes is 1. The predicted octanol–water partition coefficient (Wildman–Crippen LogP) is 2.71. The van der Waals surface area contributed by atoms with Crippen LogP contribution in [0, 0.1) is 10.6 Å². The Morgan fingerprint density at radius 2 is 2.13 bits per heavy atom. The molecule has 1 rings (SSSR count). The Hall–Kier alpha value is -0.860. The van der Waals surface area contributed by atoms with Gasteiger partial charge in [-0.25, -0.2) is 4.98 Å². The Balaban J connectivity index is 3.21. The molecule has 3 nitrogen and oxygen atoms in total. The van der Waals surface area contributed by atoms with Gasteiger partial charge >= 0.3 is 6.36 Å². The van der Waals surface area contributed by atoms with Gasteiger partial charge in [0, 0.05) is 17.3 Å². The molecule has 0 atom stereocenters. The molecule has 0 aliphatic heterocycles. The standard InChI is InChI=1S/C8H5F3INO2/c1-4-5(3-14)2-13-7(12)6(4)15-8(9,10)11/h2-3H,1H3. The lowest BCUT2D eigenvalue weighted by Gasteiger charge is -2.13. The van der Waals surface area contributed by atoms with E-state index in [-0.39, 0.29) is 14.8 Å². The van der Waals surface area contributed by atoms with Crippen LogP contribution in [0.1, 0.15) is 15.9 Å². The third-order valence-electron chi connectivity index (χ3n) is 1.62. The Morgan fingerprint density at radius 3 is 2.60 bits per heavy atom. The molecule has 15 heavy (non-hydrogen) atoms. The monoisotopic (exact) mass is 331 g/mol. The van der Waals surface area contributed by atoms with E-state index in [1.54, 1.807) is 22.6 Å². The smallest absolute Gasteiger partial charge is 0.403 e. The number of carbonyl (C=O) groups excluding carboxylic acids is 1. The Kier molecular flexibility index (Phi) is 3.53. The zero-order valence-corrected chi connectivity index (χ0v) is 9.59. The van der Waals surface area contributed by atoms with Crippen molar-refractivity contribution in [3.05, 3.63) is 21.0 Å². The molecule has 0 fully saturated rings. The summed E-state index contributed by atoms with van der Waals surface area (Å²) in [6, 6.07) is 0. The van der Waals surface area contributed by atoms with E-state index in [1.165, 1.54) is 13.1 Å². The SMILES string of the molecule is Cc1c(C=O)cnc(I)c1OC(F)(F)F. The van der Waals surface area contributed by atoms with Crippen molar-refractivity contribution < 1.29 is 22.7 Å². The summed E-state index contributed by atoms with van der Waals surface area (Å²) in [5, 5.41) is 0. The van der Waals surface area contributed by atoms with E-state index in [1.807, 2.05) is 0 Å². The second-order valence-corrected chi connectivity index (χ2v) is 3.65. The number of rotatable bonds is 2. The maximum absolute atomic E-state index is 12.0. The molecule has 1 heterocycles. The molecule has 0 aliphatic carbocycles. The summed E-state index contributed by atoms with van der Waals surface area (Å²) < 4.78 is 39.8. The molecule has 0 spiro atoms. The number of carbonyl (C=O) groups is 1. The van der Waals surface area contributed by atoms with Gasteiger partial charge in [0.15, 0.2) is 12.0 Å². The minimum Gasteiger partial charge on any atom is -0.403 e. The molecule has 1 aromatic heterocycles. The maximum Gasteiger partial charge on any atom is 0.573 e. The van der Waals surface area contributed by atoms with Crippen LogP contribution in [0.25, 0.3) is 0 Å². The summed E-state index contributed by atoms with van der Waals surface area (Å²) in [5.41, 5.74) is 0.205. The first kappa shape index (κ1) is 12.2. The zero-order chi connectivity index (χ0) is 11.6. The number of hydrogen-bond donors (Lipinski definition) is 0. The predicted molar refractivity (Wildman–Crippen MR) is 53.8 cm³/mol. The molecule has 0 saturated heterocycles. The molecule has 0 radical (unpaired) electrons. The average molecular weight is 331 g/mol. The lowest BCUT2D eigenvalue weighted by Crippen LogP contribution is -2.19. The van der Waals surface area contributed by atoms with Crippen molar-refractivity contribution in [3.63, 3.8) is 0 Å². The molecule has 82 valence electrons. The molecule has 7 heteroatoms. The van der Waals surface area contributed by atoms with E-state index >= 15 is 0 Å². The Labute approximate surface area is 96.8 Å². The van der Waals surface area contributed by atoms with Gasteiger partial charge in [0.25, 0.3) is 0 Å². The van der Waals surface area contributed by atoms with Gasteiger partial charge in [-0.1, -0.05) is 0 Å². The molecule has 0 amide bonds. The van der Waals surface area contributed by atoms with Crippen LogP contribution in [0.2, 0.25) is 0 Å². The second kappa shape index (κ2) is 4.33. The first-order valence-corrected chi connectivity index (χ1v) is 4.79. The molecule has 0 N–H and O–H groups in total. The molecular weight excluding hydrogens is 326 g/mol.